The molecule has 1 aromatic heterocycles. The number of nitrogens with one attached hydrogen (secondary N) is 1. The van der Waals surface area contributed by atoms with Crippen LogP contribution in [0.5, 0.6) is 0 Å². The van der Waals surface area contributed by atoms with Crippen LogP contribution in [0.25, 0.3) is 11.1 Å². The lowest BCUT2D eigenvalue weighted by Crippen LogP contribution is -2.73. The number of fused-ring (bicyclic) bond motifs is 2. The zero-order chi connectivity index (χ0) is 20.0. The number of aromatic nitrogens is 1. The van der Waals surface area contributed by atoms with E-state index >= 15 is 0 Å². The van der Waals surface area contributed by atoms with Crippen molar-refractivity contribution in [3.63, 3.8) is 0 Å². The number of pyridine rings is 1. The van der Waals surface area contributed by atoms with E-state index in [-0.39, 0.29) is 18.0 Å². The van der Waals surface area contributed by atoms with Crippen LogP contribution < -0.4 is 5.32 Å². The first kappa shape index (κ1) is 18.5. The molecule has 3 atom stereocenters. The number of sulfonamides is 1. The molecule has 6 heteroatoms. The summed E-state index contributed by atoms with van der Waals surface area (Å²) in [5.41, 5.74) is 4.36. The van der Waals surface area contributed by atoms with E-state index in [9.17, 15) is 8.42 Å². The zero-order valence-electron chi connectivity index (χ0n) is 16.2. The Bertz CT molecular complexity index is 1120. The molecule has 5 nitrogen and oxygen atoms in total. The van der Waals surface area contributed by atoms with Gasteiger partial charge in [-0.05, 0) is 47.4 Å². The van der Waals surface area contributed by atoms with Gasteiger partial charge in [0.2, 0.25) is 10.0 Å². The third-order valence-electron chi connectivity index (χ3n) is 6.05. The summed E-state index contributed by atoms with van der Waals surface area (Å²) >= 11 is 0. The Balaban J connectivity index is 1.43. The summed E-state index contributed by atoms with van der Waals surface area (Å²) in [5, 5.41) is 3.37. The lowest BCUT2D eigenvalue weighted by atomic mass is 9.74. The van der Waals surface area contributed by atoms with Crippen LogP contribution in [-0.4, -0.2) is 42.9 Å². The molecule has 3 aromatic rings. The quantitative estimate of drug-likeness (QED) is 0.724. The second kappa shape index (κ2) is 7.06. The van der Waals surface area contributed by atoms with Crippen molar-refractivity contribution in [3.05, 3.63) is 84.2 Å². The number of benzene rings is 2. The van der Waals surface area contributed by atoms with E-state index in [1.54, 1.807) is 22.6 Å². The topological polar surface area (TPSA) is 62.3 Å². The van der Waals surface area contributed by atoms with Crippen molar-refractivity contribution < 1.29 is 8.42 Å². The number of aryl methyl sites for hydroxylation is 1. The Morgan fingerprint density at radius 2 is 1.72 bits per heavy atom. The molecule has 2 aromatic carbocycles. The normalized spacial score (nSPS) is 24.1. The van der Waals surface area contributed by atoms with Crippen molar-refractivity contribution in [2.75, 3.05) is 13.1 Å². The summed E-state index contributed by atoms with van der Waals surface area (Å²) in [7, 11) is -3.49. The van der Waals surface area contributed by atoms with Gasteiger partial charge in [0.05, 0.1) is 4.90 Å². The maximum Gasteiger partial charge on any atom is 0.243 e. The number of piperazine rings is 1. The smallest absolute Gasteiger partial charge is 0.243 e. The molecular weight excluding hydrogens is 382 g/mol. The van der Waals surface area contributed by atoms with Crippen molar-refractivity contribution in [1.82, 2.24) is 14.6 Å². The Labute approximate surface area is 171 Å². The van der Waals surface area contributed by atoms with Crippen LogP contribution in [0, 0.1) is 6.92 Å². The molecule has 1 N–H and O–H groups in total. The first-order valence-corrected chi connectivity index (χ1v) is 11.3. The predicted molar refractivity (Wildman–Crippen MR) is 113 cm³/mol. The molecule has 0 aliphatic carbocycles. The molecule has 2 aliphatic heterocycles. The molecule has 5 rings (SSSR count). The molecule has 2 saturated heterocycles. The SMILES string of the molecule is Cc1cccc(S(=O)(=O)N2[C@@H]3CNC[C@H]2C3c2ccc(-c3cccnc3)cc2)c1. The number of nitrogens with zero attached hydrogens (tertiary/aromatic N) is 2. The average Bonchev–Trinajstić information content (AvgIpc) is 2.75. The molecule has 2 bridgehead atoms. The highest BCUT2D eigenvalue weighted by Gasteiger charge is 2.56. The number of hydrogen-bond donors (Lipinski definition) is 1. The maximum absolute atomic E-state index is 13.3. The van der Waals surface area contributed by atoms with Crippen molar-refractivity contribution in [1.29, 1.82) is 0 Å². The minimum atomic E-state index is -3.49. The summed E-state index contributed by atoms with van der Waals surface area (Å²) in [6.07, 6.45) is 3.62. The summed E-state index contributed by atoms with van der Waals surface area (Å²) < 4.78 is 28.3. The Hall–Kier alpha value is -2.54. The molecular formula is C23H23N3O2S. The van der Waals surface area contributed by atoms with Crippen LogP contribution in [0.1, 0.15) is 17.0 Å². The summed E-state index contributed by atoms with van der Waals surface area (Å²) in [6.45, 7) is 3.28. The minimum absolute atomic E-state index is 0.0523. The van der Waals surface area contributed by atoms with Gasteiger partial charge in [0, 0.05) is 43.5 Å². The zero-order valence-corrected chi connectivity index (χ0v) is 17.0. The highest BCUT2D eigenvalue weighted by Crippen LogP contribution is 2.46. The van der Waals surface area contributed by atoms with Gasteiger partial charge in [0.25, 0.3) is 0 Å². The summed E-state index contributed by atoms with van der Waals surface area (Å²) in [5.74, 6) is 0.221. The average molecular weight is 406 g/mol. The molecule has 1 unspecified atom stereocenters. The van der Waals surface area contributed by atoms with E-state index in [2.05, 4.69) is 34.6 Å². The van der Waals surface area contributed by atoms with Gasteiger partial charge < -0.3 is 5.32 Å². The van der Waals surface area contributed by atoms with Crippen LogP contribution >= 0.6 is 0 Å². The predicted octanol–water partition coefficient (Wildman–Crippen LogP) is 3.19. The number of rotatable bonds is 4. The van der Waals surface area contributed by atoms with Gasteiger partial charge >= 0.3 is 0 Å². The van der Waals surface area contributed by atoms with E-state index in [1.165, 1.54) is 5.56 Å². The fourth-order valence-corrected chi connectivity index (χ4v) is 6.61. The first-order valence-electron chi connectivity index (χ1n) is 9.87. The Morgan fingerprint density at radius 1 is 0.966 bits per heavy atom. The van der Waals surface area contributed by atoms with Crippen LogP contribution in [0.4, 0.5) is 0 Å². The van der Waals surface area contributed by atoms with Crippen molar-refractivity contribution in [2.24, 2.45) is 0 Å². The summed E-state index contributed by atoms with van der Waals surface area (Å²) in [6, 6.07) is 19.5. The molecule has 148 valence electrons. The molecule has 3 heterocycles. The van der Waals surface area contributed by atoms with E-state index in [0.29, 0.717) is 18.0 Å². The molecule has 2 fully saturated rings. The number of hydrogen-bond acceptors (Lipinski definition) is 4. The minimum Gasteiger partial charge on any atom is -0.313 e. The Kier molecular flexibility index (Phi) is 4.50. The standard InChI is InChI=1S/C23H23N3O2S/c1-16-4-2-6-20(12-16)29(27,28)26-21-14-25-15-22(26)23(21)18-9-7-17(8-10-18)19-5-3-11-24-13-19/h2-13,21-23,25H,14-15H2,1H3/t21-,22+,23?. The molecule has 0 spiro atoms. The van der Waals surface area contributed by atoms with E-state index in [1.807, 2.05) is 37.4 Å². The van der Waals surface area contributed by atoms with Gasteiger partial charge in [0.1, 0.15) is 0 Å². The van der Waals surface area contributed by atoms with Crippen molar-refractivity contribution >= 4 is 10.0 Å². The fourth-order valence-electron chi connectivity index (χ4n) is 4.66. The second-order valence-electron chi connectivity index (χ2n) is 7.83. The molecule has 2 aliphatic rings. The van der Waals surface area contributed by atoms with Gasteiger partial charge in [-0.3, -0.25) is 4.98 Å². The van der Waals surface area contributed by atoms with Crippen LogP contribution in [0.2, 0.25) is 0 Å². The van der Waals surface area contributed by atoms with Gasteiger partial charge in [-0.2, -0.15) is 4.31 Å². The number of piperidine rings is 1. The van der Waals surface area contributed by atoms with Crippen LogP contribution in [0.3, 0.4) is 0 Å². The van der Waals surface area contributed by atoms with Gasteiger partial charge in [-0.1, -0.05) is 42.5 Å². The highest BCUT2D eigenvalue weighted by atomic mass is 32.2. The first-order chi connectivity index (χ1) is 14.1. The second-order valence-corrected chi connectivity index (χ2v) is 9.68. The van der Waals surface area contributed by atoms with Crippen molar-refractivity contribution in [2.45, 2.75) is 29.8 Å². The maximum atomic E-state index is 13.3. The van der Waals surface area contributed by atoms with Gasteiger partial charge in [-0.15, -0.1) is 0 Å². The summed E-state index contributed by atoms with van der Waals surface area (Å²) in [4.78, 5) is 4.57. The van der Waals surface area contributed by atoms with Crippen LogP contribution in [0.15, 0.2) is 78.0 Å². The van der Waals surface area contributed by atoms with Gasteiger partial charge in [-0.25, -0.2) is 8.42 Å². The largest absolute Gasteiger partial charge is 0.313 e. The van der Waals surface area contributed by atoms with E-state index < -0.39 is 10.0 Å². The third kappa shape index (κ3) is 3.08. The highest BCUT2D eigenvalue weighted by molar-refractivity contribution is 7.89. The lowest BCUT2D eigenvalue weighted by molar-refractivity contribution is 0.0370. The molecule has 0 radical (unpaired) electrons. The van der Waals surface area contributed by atoms with Crippen molar-refractivity contribution in [3.8, 4) is 11.1 Å². The molecule has 0 saturated carbocycles. The van der Waals surface area contributed by atoms with E-state index in [0.717, 1.165) is 16.7 Å². The molecule has 0 amide bonds. The third-order valence-corrected chi connectivity index (χ3v) is 7.99. The van der Waals surface area contributed by atoms with Gasteiger partial charge in [0.15, 0.2) is 0 Å². The monoisotopic (exact) mass is 405 g/mol. The van der Waals surface area contributed by atoms with Crippen LogP contribution in [-0.2, 0) is 10.0 Å². The lowest BCUT2D eigenvalue weighted by Gasteiger charge is -2.57. The fraction of sp³-hybridized carbons (Fsp3) is 0.261. The Morgan fingerprint density at radius 3 is 2.38 bits per heavy atom. The molecule has 29 heavy (non-hydrogen) atoms. The van der Waals surface area contributed by atoms with E-state index in [4.69, 9.17) is 0 Å².